The quantitative estimate of drug-likeness (QED) is 0.773. The van der Waals surface area contributed by atoms with Gasteiger partial charge in [0.1, 0.15) is 19.3 Å². The number of carbonyl (C=O) groups is 2. The van der Waals surface area contributed by atoms with Crippen molar-refractivity contribution in [1.82, 2.24) is 10.6 Å². The Morgan fingerprint density at radius 3 is 2.83 bits per heavy atom. The number of ether oxygens (including phenoxy) is 1. The van der Waals surface area contributed by atoms with Gasteiger partial charge in [0, 0.05) is 6.54 Å². The average Bonchev–Trinajstić information content (AvgIpc) is 2.42. The predicted octanol–water partition coefficient (Wildman–Crippen LogP) is 0.350. The van der Waals surface area contributed by atoms with E-state index in [2.05, 4.69) is 15.4 Å². The molecule has 0 spiro atoms. The van der Waals surface area contributed by atoms with Crippen LogP contribution < -0.4 is 10.6 Å². The molecule has 5 nitrogen and oxygen atoms in total. The van der Waals surface area contributed by atoms with Gasteiger partial charge in [-0.1, -0.05) is 0 Å². The summed E-state index contributed by atoms with van der Waals surface area (Å²) in [4.78, 5) is 22.7. The van der Waals surface area contributed by atoms with Crippen molar-refractivity contribution in [2.75, 3.05) is 19.8 Å². The summed E-state index contributed by atoms with van der Waals surface area (Å²) in [6, 6.07) is -0.686. The molecule has 0 aliphatic carbocycles. The molecule has 1 aliphatic heterocycles. The molecule has 8 heteroatoms. The van der Waals surface area contributed by atoms with E-state index in [0.717, 1.165) is 12.8 Å². The fourth-order valence-corrected chi connectivity index (χ4v) is 1.57. The number of alkyl halides is 3. The van der Waals surface area contributed by atoms with Crippen molar-refractivity contribution in [3.63, 3.8) is 0 Å². The first kappa shape index (κ1) is 14.7. The van der Waals surface area contributed by atoms with Gasteiger partial charge in [0.25, 0.3) is 0 Å². The molecule has 0 unspecified atom stereocenters. The molecule has 1 atom stereocenters. The number of amides is 2. The van der Waals surface area contributed by atoms with E-state index in [9.17, 15) is 22.8 Å². The van der Waals surface area contributed by atoms with Crippen molar-refractivity contribution in [3.8, 4) is 0 Å². The van der Waals surface area contributed by atoms with Crippen LogP contribution in [0.5, 0.6) is 0 Å². The van der Waals surface area contributed by atoms with Gasteiger partial charge in [-0.05, 0) is 19.3 Å². The zero-order valence-corrected chi connectivity index (χ0v) is 9.68. The number of rotatable bonds is 4. The minimum atomic E-state index is -4.46. The summed E-state index contributed by atoms with van der Waals surface area (Å²) in [5.41, 5.74) is 0. The fraction of sp³-hybridized carbons (Fsp3) is 0.800. The smallest absolute Gasteiger partial charge is 0.362 e. The predicted molar refractivity (Wildman–Crippen MR) is 55.7 cm³/mol. The summed E-state index contributed by atoms with van der Waals surface area (Å²) < 4.78 is 39.5. The highest BCUT2D eigenvalue weighted by Crippen LogP contribution is 2.14. The van der Waals surface area contributed by atoms with Gasteiger partial charge in [-0.3, -0.25) is 9.59 Å². The lowest BCUT2D eigenvalue weighted by Crippen LogP contribution is -2.46. The van der Waals surface area contributed by atoms with Crippen LogP contribution in [-0.4, -0.2) is 43.8 Å². The van der Waals surface area contributed by atoms with Gasteiger partial charge in [0.15, 0.2) is 0 Å². The Labute approximate surface area is 102 Å². The van der Waals surface area contributed by atoms with Gasteiger partial charge in [-0.25, -0.2) is 0 Å². The standard InChI is InChI=1S/C10H15F3N2O3/c11-10(12,13)6-18-5-8(16)15-7-3-1-2-4-14-9(7)17/h7H,1-6H2,(H,14,17)(H,15,16)/t7-/m0/s1. The number of hydrogen-bond donors (Lipinski definition) is 2. The third-order valence-electron chi connectivity index (χ3n) is 2.37. The third kappa shape index (κ3) is 5.85. The lowest BCUT2D eigenvalue weighted by atomic mass is 10.1. The number of hydrogen-bond acceptors (Lipinski definition) is 3. The number of halogens is 3. The van der Waals surface area contributed by atoms with Crippen LogP contribution in [-0.2, 0) is 14.3 Å². The molecule has 1 aliphatic rings. The maximum absolute atomic E-state index is 11.8. The average molecular weight is 268 g/mol. The minimum absolute atomic E-state index is 0.309. The first-order valence-electron chi connectivity index (χ1n) is 5.60. The van der Waals surface area contributed by atoms with Gasteiger partial charge in [0.05, 0.1) is 0 Å². The summed E-state index contributed by atoms with van der Waals surface area (Å²) in [7, 11) is 0. The van der Waals surface area contributed by atoms with Crippen LogP contribution in [0.3, 0.4) is 0 Å². The second-order valence-corrected chi connectivity index (χ2v) is 4.01. The maximum Gasteiger partial charge on any atom is 0.411 e. The Morgan fingerprint density at radius 2 is 2.17 bits per heavy atom. The highest BCUT2D eigenvalue weighted by atomic mass is 19.4. The summed E-state index contributed by atoms with van der Waals surface area (Å²) in [6.07, 6.45) is -2.38. The Kier molecular flexibility index (Phi) is 5.39. The van der Waals surface area contributed by atoms with E-state index in [0.29, 0.717) is 13.0 Å². The van der Waals surface area contributed by atoms with E-state index >= 15 is 0 Å². The van der Waals surface area contributed by atoms with Crippen molar-refractivity contribution in [2.24, 2.45) is 0 Å². The lowest BCUT2D eigenvalue weighted by Gasteiger charge is -2.15. The zero-order chi connectivity index (χ0) is 13.6. The molecule has 104 valence electrons. The van der Waals surface area contributed by atoms with Crippen molar-refractivity contribution in [3.05, 3.63) is 0 Å². The van der Waals surface area contributed by atoms with Crippen LogP contribution in [0.25, 0.3) is 0 Å². The molecule has 0 bridgehead atoms. The van der Waals surface area contributed by atoms with Crippen LogP contribution >= 0.6 is 0 Å². The van der Waals surface area contributed by atoms with E-state index in [-0.39, 0.29) is 5.91 Å². The minimum Gasteiger partial charge on any atom is -0.362 e. The molecular formula is C10H15F3N2O3. The summed E-state index contributed by atoms with van der Waals surface area (Å²) in [5.74, 6) is -1.03. The molecule has 1 rings (SSSR count). The molecule has 1 heterocycles. The van der Waals surface area contributed by atoms with Gasteiger partial charge in [-0.2, -0.15) is 13.2 Å². The van der Waals surface area contributed by atoms with Gasteiger partial charge in [-0.15, -0.1) is 0 Å². The molecule has 2 N–H and O–H groups in total. The number of carbonyl (C=O) groups excluding carboxylic acids is 2. The molecule has 18 heavy (non-hydrogen) atoms. The maximum atomic E-state index is 11.8. The summed E-state index contributed by atoms with van der Waals surface area (Å²) >= 11 is 0. The summed E-state index contributed by atoms with van der Waals surface area (Å²) in [5, 5.41) is 4.96. The van der Waals surface area contributed by atoms with Crippen molar-refractivity contribution < 1.29 is 27.5 Å². The molecule has 2 amide bonds. The van der Waals surface area contributed by atoms with Crippen LogP contribution in [0.15, 0.2) is 0 Å². The van der Waals surface area contributed by atoms with Crippen LogP contribution in [0.4, 0.5) is 13.2 Å². The second-order valence-electron chi connectivity index (χ2n) is 4.01. The third-order valence-corrected chi connectivity index (χ3v) is 2.37. The Hall–Kier alpha value is -1.31. The first-order valence-corrected chi connectivity index (χ1v) is 5.60. The van der Waals surface area contributed by atoms with Gasteiger partial charge in [0.2, 0.25) is 11.8 Å². The fourth-order valence-electron chi connectivity index (χ4n) is 1.57. The lowest BCUT2D eigenvalue weighted by molar-refractivity contribution is -0.176. The van der Waals surface area contributed by atoms with Crippen LogP contribution in [0.1, 0.15) is 19.3 Å². The van der Waals surface area contributed by atoms with Crippen LogP contribution in [0.2, 0.25) is 0 Å². The molecule has 0 aromatic rings. The van der Waals surface area contributed by atoms with Crippen LogP contribution in [0, 0.1) is 0 Å². The Balaban J connectivity index is 2.28. The van der Waals surface area contributed by atoms with Gasteiger partial charge < -0.3 is 15.4 Å². The molecule has 0 radical (unpaired) electrons. The normalized spacial score (nSPS) is 21.1. The van der Waals surface area contributed by atoms with Gasteiger partial charge >= 0.3 is 6.18 Å². The van der Waals surface area contributed by atoms with Crippen molar-refractivity contribution in [1.29, 1.82) is 0 Å². The molecular weight excluding hydrogens is 253 g/mol. The topological polar surface area (TPSA) is 67.4 Å². The highest BCUT2D eigenvalue weighted by molar-refractivity contribution is 5.88. The van der Waals surface area contributed by atoms with E-state index < -0.39 is 31.3 Å². The second kappa shape index (κ2) is 6.58. The SMILES string of the molecule is O=C(COCC(F)(F)F)N[C@H]1CCCCNC1=O. The Morgan fingerprint density at radius 1 is 1.44 bits per heavy atom. The molecule has 0 aromatic heterocycles. The van der Waals surface area contributed by atoms with E-state index in [1.165, 1.54) is 0 Å². The molecule has 1 fully saturated rings. The van der Waals surface area contributed by atoms with E-state index in [1.807, 2.05) is 0 Å². The van der Waals surface area contributed by atoms with E-state index in [4.69, 9.17) is 0 Å². The highest BCUT2D eigenvalue weighted by Gasteiger charge is 2.28. The summed E-state index contributed by atoms with van der Waals surface area (Å²) in [6.45, 7) is -1.63. The van der Waals surface area contributed by atoms with Crippen molar-refractivity contribution >= 4 is 11.8 Å². The first-order chi connectivity index (χ1) is 8.38. The van der Waals surface area contributed by atoms with Crippen molar-refractivity contribution in [2.45, 2.75) is 31.5 Å². The largest absolute Gasteiger partial charge is 0.411 e. The molecule has 1 saturated heterocycles. The van der Waals surface area contributed by atoms with E-state index in [1.54, 1.807) is 0 Å². The number of nitrogens with one attached hydrogen (secondary N) is 2. The molecule has 0 saturated carbocycles. The monoisotopic (exact) mass is 268 g/mol. The zero-order valence-electron chi connectivity index (χ0n) is 9.68. The molecule has 0 aromatic carbocycles. The Bertz CT molecular complexity index is 307.